The van der Waals surface area contributed by atoms with Gasteiger partial charge in [0.2, 0.25) is 0 Å². The Morgan fingerprint density at radius 3 is 2.58 bits per heavy atom. The van der Waals surface area contributed by atoms with Gasteiger partial charge in [0.15, 0.2) is 5.78 Å². The number of aliphatic carboxylic acids is 1. The van der Waals surface area contributed by atoms with E-state index in [4.69, 9.17) is 5.11 Å². The van der Waals surface area contributed by atoms with Gasteiger partial charge in [-0.25, -0.2) is 4.79 Å². The molecule has 1 N–H and O–H groups in total. The third kappa shape index (κ3) is 1.40. The molecule has 0 amide bonds. The minimum Gasteiger partial charge on any atom is -0.478 e. The van der Waals surface area contributed by atoms with Gasteiger partial charge in [-0.1, -0.05) is 6.92 Å². The number of allylic oxidation sites excluding steroid dienone is 1. The molecule has 0 aromatic rings. The van der Waals surface area contributed by atoms with E-state index in [9.17, 15) is 9.59 Å². The lowest BCUT2D eigenvalue weighted by Gasteiger charge is -2.19. The summed E-state index contributed by atoms with van der Waals surface area (Å²) in [7, 11) is 0. The number of carbonyl (C=O) groups excluding carboxylic acids is 1. The minimum absolute atomic E-state index is 0.0141. The number of carbonyl (C=O) groups is 2. The fourth-order valence-electron chi connectivity index (χ4n) is 1.57. The zero-order chi connectivity index (χ0) is 9.30. The Morgan fingerprint density at radius 1 is 1.58 bits per heavy atom. The first-order chi connectivity index (χ1) is 5.54. The van der Waals surface area contributed by atoms with Gasteiger partial charge in [0.25, 0.3) is 0 Å². The molecular formula is C9H12O3. The summed E-state index contributed by atoms with van der Waals surface area (Å²) in [5.74, 6) is -0.959. The number of rotatable bonds is 1. The van der Waals surface area contributed by atoms with Gasteiger partial charge in [-0.3, -0.25) is 4.79 Å². The van der Waals surface area contributed by atoms with Gasteiger partial charge in [0, 0.05) is 17.6 Å². The second-order valence-electron chi connectivity index (χ2n) is 3.21. The Morgan fingerprint density at radius 2 is 2.17 bits per heavy atom. The maximum Gasteiger partial charge on any atom is 0.332 e. The van der Waals surface area contributed by atoms with Crippen molar-refractivity contribution in [1.82, 2.24) is 0 Å². The summed E-state index contributed by atoms with van der Waals surface area (Å²) >= 11 is 0. The van der Waals surface area contributed by atoms with Gasteiger partial charge < -0.3 is 5.11 Å². The van der Waals surface area contributed by atoms with Crippen molar-refractivity contribution >= 4 is 11.8 Å². The van der Waals surface area contributed by atoms with E-state index in [-0.39, 0.29) is 11.7 Å². The summed E-state index contributed by atoms with van der Waals surface area (Å²) in [5, 5.41) is 8.79. The van der Waals surface area contributed by atoms with Crippen LogP contribution in [0.2, 0.25) is 0 Å². The summed E-state index contributed by atoms with van der Waals surface area (Å²) in [6.07, 6.45) is 1.15. The lowest BCUT2D eigenvalue weighted by molar-refractivity contribution is -0.134. The molecule has 0 fully saturated rings. The van der Waals surface area contributed by atoms with E-state index in [0.717, 1.165) is 0 Å². The van der Waals surface area contributed by atoms with Crippen molar-refractivity contribution in [1.29, 1.82) is 0 Å². The van der Waals surface area contributed by atoms with Crippen LogP contribution in [0.1, 0.15) is 26.7 Å². The maximum atomic E-state index is 11.1. The third-order valence-corrected chi connectivity index (χ3v) is 2.35. The Labute approximate surface area is 71.1 Å². The first-order valence-corrected chi connectivity index (χ1v) is 4.01. The molecule has 0 aliphatic heterocycles. The molecule has 0 aromatic carbocycles. The summed E-state index contributed by atoms with van der Waals surface area (Å²) in [5.41, 5.74) is 0.729. The average molecular weight is 168 g/mol. The van der Waals surface area contributed by atoms with Crippen molar-refractivity contribution < 1.29 is 14.7 Å². The monoisotopic (exact) mass is 168 g/mol. The summed E-state index contributed by atoms with van der Waals surface area (Å²) < 4.78 is 0. The molecule has 0 saturated carbocycles. The number of Topliss-reactive ketones (excluding diaryl/α,β-unsaturated/α-hetero) is 1. The van der Waals surface area contributed by atoms with Crippen LogP contribution in [0.5, 0.6) is 0 Å². The Bertz CT molecular complexity index is 263. The highest BCUT2D eigenvalue weighted by atomic mass is 16.4. The van der Waals surface area contributed by atoms with Crippen LogP contribution in [-0.2, 0) is 9.59 Å². The Balaban J connectivity index is 3.10. The molecule has 0 heterocycles. The van der Waals surface area contributed by atoms with Gasteiger partial charge >= 0.3 is 5.97 Å². The van der Waals surface area contributed by atoms with Gasteiger partial charge in [0.1, 0.15) is 0 Å². The van der Waals surface area contributed by atoms with E-state index < -0.39 is 5.97 Å². The maximum absolute atomic E-state index is 11.1. The minimum atomic E-state index is -0.951. The van der Waals surface area contributed by atoms with Crippen molar-refractivity contribution in [2.24, 2.45) is 5.92 Å². The second-order valence-corrected chi connectivity index (χ2v) is 3.21. The molecule has 3 heteroatoms. The molecule has 66 valence electrons. The molecule has 1 rings (SSSR count). The highest BCUT2D eigenvalue weighted by molar-refractivity contribution is 6.04. The van der Waals surface area contributed by atoms with Gasteiger partial charge in [-0.15, -0.1) is 0 Å². The van der Waals surface area contributed by atoms with Gasteiger partial charge in [-0.2, -0.15) is 0 Å². The first-order valence-electron chi connectivity index (χ1n) is 4.01. The predicted octanol–water partition coefficient (Wildman–Crippen LogP) is 1.39. The SMILES string of the molecule is CC1=C(C(=O)O)C(C)CCC1=O. The van der Waals surface area contributed by atoms with E-state index in [1.54, 1.807) is 6.92 Å². The molecule has 1 aliphatic rings. The second kappa shape index (κ2) is 3.09. The third-order valence-electron chi connectivity index (χ3n) is 2.35. The highest BCUT2D eigenvalue weighted by Gasteiger charge is 2.27. The highest BCUT2D eigenvalue weighted by Crippen LogP contribution is 2.27. The first kappa shape index (κ1) is 8.97. The molecular weight excluding hydrogens is 156 g/mol. The van der Waals surface area contributed by atoms with E-state index in [2.05, 4.69) is 0 Å². The van der Waals surface area contributed by atoms with Crippen molar-refractivity contribution in [3.05, 3.63) is 11.1 Å². The van der Waals surface area contributed by atoms with Crippen molar-refractivity contribution in [3.8, 4) is 0 Å². The van der Waals surface area contributed by atoms with Gasteiger partial charge in [0.05, 0.1) is 0 Å². The lowest BCUT2D eigenvalue weighted by atomic mass is 9.84. The topological polar surface area (TPSA) is 54.4 Å². The van der Waals surface area contributed by atoms with Crippen LogP contribution >= 0.6 is 0 Å². The van der Waals surface area contributed by atoms with E-state index in [1.807, 2.05) is 6.92 Å². The number of hydrogen-bond acceptors (Lipinski definition) is 2. The molecule has 1 unspecified atom stereocenters. The molecule has 1 atom stereocenters. The van der Waals surface area contributed by atoms with Crippen LogP contribution in [0.25, 0.3) is 0 Å². The summed E-state index contributed by atoms with van der Waals surface area (Å²) in [4.78, 5) is 21.8. The zero-order valence-corrected chi connectivity index (χ0v) is 7.26. The van der Waals surface area contributed by atoms with Crippen LogP contribution in [-0.4, -0.2) is 16.9 Å². The summed E-state index contributed by atoms with van der Waals surface area (Å²) in [6, 6.07) is 0. The largest absolute Gasteiger partial charge is 0.478 e. The number of carboxylic acids is 1. The number of hydrogen-bond donors (Lipinski definition) is 1. The van der Waals surface area contributed by atoms with Crippen LogP contribution < -0.4 is 0 Å². The molecule has 0 saturated heterocycles. The van der Waals surface area contributed by atoms with Crippen LogP contribution in [0.15, 0.2) is 11.1 Å². The molecule has 0 bridgehead atoms. The Hall–Kier alpha value is -1.12. The Kier molecular flexibility index (Phi) is 2.31. The standard InChI is InChI=1S/C9H12O3/c1-5-3-4-7(10)6(2)8(5)9(11)12/h5H,3-4H2,1-2H3,(H,11,12). The zero-order valence-electron chi connectivity index (χ0n) is 7.26. The quantitative estimate of drug-likeness (QED) is 0.643. The van der Waals surface area contributed by atoms with Crippen molar-refractivity contribution in [3.63, 3.8) is 0 Å². The fraction of sp³-hybridized carbons (Fsp3) is 0.556. The molecule has 0 spiro atoms. The molecule has 3 nitrogen and oxygen atoms in total. The normalized spacial score (nSPS) is 24.5. The molecule has 0 aromatic heterocycles. The molecule has 0 radical (unpaired) electrons. The molecule has 12 heavy (non-hydrogen) atoms. The van der Waals surface area contributed by atoms with Crippen LogP contribution in [0.4, 0.5) is 0 Å². The number of ketones is 1. The summed E-state index contributed by atoms with van der Waals surface area (Å²) in [6.45, 7) is 3.45. The van der Waals surface area contributed by atoms with E-state index in [0.29, 0.717) is 24.0 Å². The molecule has 1 aliphatic carbocycles. The fourth-order valence-corrected chi connectivity index (χ4v) is 1.57. The lowest BCUT2D eigenvalue weighted by Crippen LogP contribution is -2.21. The average Bonchev–Trinajstić information content (AvgIpc) is 1.97. The number of carboxylic acid groups (broad SMARTS) is 1. The predicted molar refractivity (Wildman–Crippen MR) is 43.7 cm³/mol. The van der Waals surface area contributed by atoms with E-state index >= 15 is 0 Å². The van der Waals surface area contributed by atoms with Crippen molar-refractivity contribution in [2.75, 3.05) is 0 Å². The van der Waals surface area contributed by atoms with Crippen molar-refractivity contribution in [2.45, 2.75) is 26.7 Å². The smallest absolute Gasteiger partial charge is 0.332 e. The van der Waals surface area contributed by atoms with Crippen LogP contribution in [0.3, 0.4) is 0 Å². The van der Waals surface area contributed by atoms with Gasteiger partial charge in [-0.05, 0) is 19.3 Å². The van der Waals surface area contributed by atoms with Crippen LogP contribution in [0, 0.1) is 5.92 Å². The van der Waals surface area contributed by atoms with E-state index in [1.165, 1.54) is 0 Å².